The van der Waals surface area contributed by atoms with Crippen LogP contribution < -0.4 is 5.32 Å². The van der Waals surface area contributed by atoms with Crippen molar-refractivity contribution in [3.8, 4) is 6.07 Å². The molecule has 1 aliphatic rings. The molecule has 1 aliphatic carbocycles. The number of carbonyl (C=O) groups excluding carboxylic acids is 1. The lowest BCUT2D eigenvalue weighted by molar-refractivity contribution is -0.115. The Labute approximate surface area is 101 Å². The number of anilines is 1. The zero-order valence-corrected chi connectivity index (χ0v) is 9.73. The predicted molar refractivity (Wildman–Crippen MR) is 66.3 cm³/mol. The molecule has 1 aromatic carbocycles. The molecule has 0 saturated carbocycles. The van der Waals surface area contributed by atoms with Crippen molar-refractivity contribution in [1.29, 1.82) is 5.26 Å². The van der Waals surface area contributed by atoms with Crippen molar-refractivity contribution in [2.75, 3.05) is 5.32 Å². The molecule has 0 amide bonds. The first-order valence-electron chi connectivity index (χ1n) is 5.68. The lowest BCUT2D eigenvalue weighted by atomic mass is 9.93. The van der Waals surface area contributed by atoms with Crippen LogP contribution in [-0.2, 0) is 4.79 Å². The Kier molecular flexibility index (Phi) is 3.24. The molecular weight excluding hydrogens is 212 g/mol. The summed E-state index contributed by atoms with van der Waals surface area (Å²) >= 11 is 0. The molecular formula is C14H14N2O. The number of ketones is 1. The minimum atomic E-state index is 0.169. The van der Waals surface area contributed by atoms with Crippen molar-refractivity contribution in [3.63, 3.8) is 0 Å². The second kappa shape index (κ2) is 4.84. The van der Waals surface area contributed by atoms with Gasteiger partial charge in [-0.25, -0.2) is 0 Å². The molecule has 1 aromatic rings. The normalized spacial score (nSPS) is 19.4. The maximum atomic E-state index is 11.4. The van der Waals surface area contributed by atoms with Crippen LogP contribution in [0.5, 0.6) is 0 Å². The van der Waals surface area contributed by atoms with Crippen LogP contribution in [0.2, 0.25) is 0 Å². The van der Waals surface area contributed by atoms with Crippen LogP contribution in [0, 0.1) is 17.2 Å². The van der Waals surface area contributed by atoms with Crippen LogP contribution in [-0.4, -0.2) is 5.78 Å². The van der Waals surface area contributed by atoms with E-state index in [-0.39, 0.29) is 5.78 Å². The van der Waals surface area contributed by atoms with Crippen LogP contribution in [0.3, 0.4) is 0 Å². The lowest BCUT2D eigenvalue weighted by Gasteiger charge is -2.19. The Hall–Kier alpha value is -2.08. The third kappa shape index (κ3) is 2.94. The summed E-state index contributed by atoms with van der Waals surface area (Å²) in [6.07, 6.45) is 3.17. The van der Waals surface area contributed by atoms with Gasteiger partial charge in [0.2, 0.25) is 0 Å². The molecule has 3 heteroatoms. The molecule has 0 saturated heterocycles. The summed E-state index contributed by atoms with van der Waals surface area (Å²) in [5, 5.41) is 12.0. The average Bonchev–Trinajstić information content (AvgIpc) is 2.28. The number of nitrogens with one attached hydrogen (secondary N) is 1. The zero-order chi connectivity index (χ0) is 12.3. The molecule has 0 radical (unpaired) electrons. The molecule has 1 unspecified atom stereocenters. The molecule has 2 rings (SSSR count). The number of allylic oxidation sites excluding steroid dienone is 2. The van der Waals surface area contributed by atoms with Crippen LogP contribution in [0.15, 0.2) is 36.0 Å². The van der Waals surface area contributed by atoms with Gasteiger partial charge in [-0.3, -0.25) is 4.79 Å². The molecule has 0 heterocycles. The molecule has 0 aliphatic heterocycles. The van der Waals surface area contributed by atoms with E-state index in [9.17, 15) is 4.79 Å². The lowest BCUT2D eigenvalue weighted by Crippen LogP contribution is -2.15. The van der Waals surface area contributed by atoms with Gasteiger partial charge >= 0.3 is 0 Å². The monoisotopic (exact) mass is 226 g/mol. The van der Waals surface area contributed by atoms with Gasteiger partial charge < -0.3 is 5.32 Å². The number of hydrogen-bond acceptors (Lipinski definition) is 3. The number of nitriles is 1. The minimum absolute atomic E-state index is 0.169. The van der Waals surface area contributed by atoms with E-state index in [1.807, 2.05) is 12.1 Å². The van der Waals surface area contributed by atoms with E-state index < -0.39 is 0 Å². The zero-order valence-electron chi connectivity index (χ0n) is 9.73. The maximum Gasteiger partial charge on any atom is 0.157 e. The molecule has 86 valence electrons. The number of carbonyl (C=O) groups is 1. The van der Waals surface area contributed by atoms with E-state index in [4.69, 9.17) is 5.26 Å². The molecule has 3 nitrogen and oxygen atoms in total. The predicted octanol–water partition coefficient (Wildman–Crippen LogP) is 2.85. The molecule has 0 aromatic heterocycles. The van der Waals surface area contributed by atoms with E-state index in [1.165, 1.54) is 0 Å². The van der Waals surface area contributed by atoms with Gasteiger partial charge in [-0.2, -0.15) is 5.26 Å². The van der Waals surface area contributed by atoms with Gasteiger partial charge in [0.1, 0.15) is 0 Å². The van der Waals surface area contributed by atoms with Crippen molar-refractivity contribution in [1.82, 2.24) is 0 Å². The van der Waals surface area contributed by atoms with Crippen molar-refractivity contribution in [3.05, 3.63) is 41.6 Å². The standard InChI is InChI=1S/C14H14N2O/c1-10-5-13(8-14(17)6-10)16-12-4-2-3-11(7-12)9-15/h2-4,7-8,10,16H,5-6H2,1H3. The summed E-state index contributed by atoms with van der Waals surface area (Å²) < 4.78 is 0. The highest BCUT2D eigenvalue weighted by Gasteiger charge is 2.16. The first-order chi connectivity index (χ1) is 8.17. The number of nitrogens with zero attached hydrogens (tertiary/aromatic N) is 1. The van der Waals surface area contributed by atoms with Gasteiger partial charge in [-0.1, -0.05) is 13.0 Å². The van der Waals surface area contributed by atoms with Gasteiger partial charge in [0.25, 0.3) is 0 Å². The van der Waals surface area contributed by atoms with Gasteiger partial charge in [0, 0.05) is 23.9 Å². The highest BCUT2D eigenvalue weighted by atomic mass is 16.1. The van der Waals surface area contributed by atoms with Gasteiger partial charge in [0.15, 0.2) is 5.78 Å². The third-order valence-corrected chi connectivity index (χ3v) is 2.75. The summed E-state index contributed by atoms with van der Waals surface area (Å²) in [6.45, 7) is 2.07. The summed E-state index contributed by atoms with van der Waals surface area (Å²) in [5.41, 5.74) is 2.41. The molecule has 17 heavy (non-hydrogen) atoms. The van der Waals surface area contributed by atoms with Crippen LogP contribution in [0.4, 0.5) is 5.69 Å². The Morgan fingerprint density at radius 3 is 2.94 bits per heavy atom. The van der Waals surface area contributed by atoms with E-state index in [0.29, 0.717) is 17.9 Å². The fraction of sp³-hybridized carbons (Fsp3) is 0.286. The maximum absolute atomic E-state index is 11.4. The summed E-state index contributed by atoms with van der Waals surface area (Å²) in [6, 6.07) is 9.36. The minimum Gasteiger partial charge on any atom is -0.359 e. The second-order valence-electron chi connectivity index (χ2n) is 4.47. The first kappa shape index (κ1) is 11.4. The van der Waals surface area contributed by atoms with Gasteiger partial charge in [0.05, 0.1) is 11.6 Å². The topological polar surface area (TPSA) is 52.9 Å². The van der Waals surface area contributed by atoms with Crippen molar-refractivity contribution < 1.29 is 4.79 Å². The Balaban J connectivity index is 2.15. The number of benzene rings is 1. The fourth-order valence-electron chi connectivity index (χ4n) is 2.04. The van der Waals surface area contributed by atoms with Crippen molar-refractivity contribution in [2.24, 2.45) is 5.92 Å². The highest BCUT2D eigenvalue weighted by Crippen LogP contribution is 2.23. The van der Waals surface area contributed by atoms with E-state index in [0.717, 1.165) is 17.8 Å². The summed E-state index contributed by atoms with van der Waals surface area (Å²) in [5.74, 6) is 0.553. The molecule has 0 spiro atoms. The molecule has 1 N–H and O–H groups in total. The summed E-state index contributed by atoms with van der Waals surface area (Å²) in [4.78, 5) is 11.4. The number of rotatable bonds is 2. The molecule has 0 fully saturated rings. The average molecular weight is 226 g/mol. The van der Waals surface area contributed by atoms with E-state index in [1.54, 1.807) is 18.2 Å². The second-order valence-corrected chi connectivity index (χ2v) is 4.47. The first-order valence-corrected chi connectivity index (χ1v) is 5.68. The molecule has 1 atom stereocenters. The van der Waals surface area contributed by atoms with Crippen molar-refractivity contribution >= 4 is 11.5 Å². The van der Waals surface area contributed by atoms with Gasteiger partial charge in [-0.15, -0.1) is 0 Å². The molecule has 0 bridgehead atoms. The number of hydrogen-bond donors (Lipinski definition) is 1. The smallest absolute Gasteiger partial charge is 0.157 e. The SMILES string of the molecule is CC1CC(=O)C=C(Nc2cccc(C#N)c2)C1. The fourth-order valence-corrected chi connectivity index (χ4v) is 2.04. The van der Waals surface area contributed by atoms with E-state index >= 15 is 0 Å². The van der Waals surface area contributed by atoms with Crippen molar-refractivity contribution in [2.45, 2.75) is 19.8 Å². The third-order valence-electron chi connectivity index (χ3n) is 2.75. The highest BCUT2D eigenvalue weighted by molar-refractivity contribution is 5.92. The summed E-state index contributed by atoms with van der Waals surface area (Å²) in [7, 11) is 0. The van der Waals surface area contributed by atoms with Crippen LogP contribution in [0.1, 0.15) is 25.3 Å². The van der Waals surface area contributed by atoms with Crippen LogP contribution in [0.25, 0.3) is 0 Å². The van der Waals surface area contributed by atoms with Gasteiger partial charge in [-0.05, 0) is 30.5 Å². The largest absolute Gasteiger partial charge is 0.359 e. The van der Waals surface area contributed by atoms with E-state index in [2.05, 4.69) is 18.3 Å². The Morgan fingerprint density at radius 2 is 2.24 bits per heavy atom. The Bertz CT molecular complexity index is 511. The van der Waals surface area contributed by atoms with Crippen LogP contribution >= 0.6 is 0 Å². The Morgan fingerprint density at radius 1 is 1.41 bits per heavy atom. The quantitative estimate of drug-likeness (QED) is 0.843.